The fourth-order valence-electron chi connectivity index (χ4n) is 2.03. The molecule has 1 aromatic carbocycles. The van der Waals surface area contributed by atoms with Gasteiger partial charge in [-0.3, -0.25) is 4.79 Å². The van der Waals surface area contributed by atoms with E-state index in [4.69, 9.17) is 9.26 Å². The van der Waals surface area contributed by atoms with Crippen molar-refractivity contribution < 1.29 is 18.4 Å². The summed E-state index contributed by atoms with van der Waals surface area (Å²) in [5.74, 6) is -0.0837. The van der Waals surface area contributed by atoms with Crippen LogP contribution >= 0.6 is 0 Å². The fraction of sp³-hybridized carbons (Fsp3) is 0.375. The predicted molar refractivity (Wildman–Crippen MR) is 79.3 cm³/mol. The zero-order chi connectivity index (χ0) is 16.3. The first-order valence-electron chi connectivity index (χ1n) is 6.97. The lowest BCUT2D eigenvalue weighted by Crippen LogP contribution is -2.27. The maximum absolute atomic E-state index is 14.1. The molecular weight excluding hydrogens is 287 g/mol. The second-order valence-corrected chi connectivity index (χ2v) is 5.36. The van der Waals surface area contributed by atoms with E-state index in [0.29, 0.717) is 5.69 Å². The zero-order valence-electron chi connectivity index (χ0n) is 13.1. The van der Waals surface area contributed by atoms with E-state index < -0.39 is 11.7 Å². The Balaban J connectivity index is 2.15. The number of ether oxygens (including phenoxy) is 1. The van der Waals surface area contributed by atoms with E-state index in [1.54, 1.807) is 19.2 Å². The smallest absolute Gasteiger partial charge is 0.257 e. The minimum Gasteiger partial charge on any atom is -0.494 e. The van der Waals surface area contributed by atoms with Gasteiger partial charge in [-0.2, -0.15) is 0 Å². The molecule has 0 saturated carbocycles. The van der Waals surface area contributed by atoms with Crippen molar-refractivity contribution in [1.29, 1.82) is 0 Å². The fourth-order valence-corrected chi connectivity index (χ4v) is 2.03. The lowest BCUT2D eigenvalue weighted by atomic mass is 10.1. The topological polar surface area (TPSA) is 55.6 Å². The van der Waals surface area contributed by atoms with Gasteiger partial charge in [-0.15, -0.1) is 0 Å². The largest absolute Gasteiger partial charge is 0.494 e. The normalized spacial score (nSPS) is 10.8. The molecule has 0 aliphatic rings. The summed E-state index contributed by atoms with van der Waals surface area (Å²) in [4.78, 5) is 13.7. The Morgan fingerprint density at radius 3 is 2.77 bits per heavy atom. The van der Waals surface area contributed by atoms with Crippen LogP contribution in [0.5, 0.6) is 5.75 Å². The highest BCUT2D eigenvalue weighted by Crippen LogP contribution is 2.22. The molecule has 0 atom stereocenters. The van der Waals surface area contributed by atoms with Crippen LogP contribution in [0.2, 0.25) is 0 Å². The second-order valence-electron chi connectivity index (χ2n) is 5.36. The quantitative estimate of drug-likeness (QED) is 0.851. The molecule has 2 rings (SSSR count). The molecule has 0 aliphatic carbocycles. The third kappa shape index (κ3) is 3.27. The predicted octanol–water partition coefficient (Wildman–Crippen LogP) is 3.22. The number of methoxy groups -OCH3 is 1. The molecule has 0 aliphatic heterocycles. The van der Waals surface area contributed by atoms with Gasteiger partial charge in [0.15, 0.2) is 11.6 Å². The molecule has 1 amide bonds. The number of benzene rings is 1. The molecule has 118 valence electrons. The summed E-state index contributed by atoms with van der Waals surface area (Å²) < 4.78 is 24.2. The summed E-state index contributed by atoms with van der Waals surface area (Å²) >= 11 is 0. The highest BCUT2D eigenvalue weighted by atomic mass is 19.1. The summed E-state index contributed by atoms with van der Waals surface area (Å²) in [6.45, 7) is 4.22. The molecule has 0 fully saturated rings. The molecule has 2 aromatic rings. The van der Waals surface area contributed by atoms with Gasteiger partial charge in [0.1, 0.15) is 11.5 Å². The Bertz CT molecular complexity index is 667. The maximum atomic E-state index is 14.1. The number of hydrogen-bond donors (Lipinski definition) is 0. The number of nitrogens with zero attached hydrogens (tertiary/aromatic N) is 2. The lowest BCUT2D eigenvalue weighted by Gasteiger charge is -2.16. The summed E-state index contributed by atoms with van der Waals surface area (Å²) in [6.07, 6.45) is 0. The van der Waals surface area contributed by atoms with Gasteiger partial charge in [0.2, 0.25) is 0 Å². The van der Waals surface area contributed by atoms with Crippen LogP contribution in [0.4, 0.5) is 4.39 Å². The van der Waals surface area contributed by atoms with E-state index in [-0.39, 0.29) is 23.8 Å². The highest BCUT2D eigenvalue weighted by Gasteiger charge is 2.20. The van der Waals surface area contributed by atoms with Gasteiger partial charge in [0.05, 0.1) is 19.2 Å². The van der Waals surface area contributed by atoms with Gasteiger partial charge in [0.25, 0.3) is 5.91 Å². The Morgan fingerprint density at radius 1 is 1.45 bits per heavy atom. The van der Waals surface area contributed by atoms with Crippen molar-refractivity contribution >= 4 is 5.91 Å². The molecule has 0 radical (unpaired) electrons. The second kappa shape index (κ2) is 6.60. The SMILES string of the molecule is COc1cccc(C(=O)N(C)Cc2cc(C(C)C)on2)c1F. The first-order valence-corrected chi connectivity index (χ1v) is 6.97. The van der Waals surface area contributed by atoms with Crippen LogP contribution < -0.4 is 4.74 Å². The van der Waals surface area contributed by atoms with Crippen molar-refractivity contribution in [1.82, 2.24) is 10.1 Å². The molecule has 6 heteroatoms. The first kappa shape index (κ1) is 16.0. The summed E-state index contributed by atoms with van der Waals surface area (Å²) in [5.41, 5.74) is 0.595. The van der Waals surface area contributed by atoms with Crippen molar-refractivity contribution in [3.05, 3.63) is 47.1 Å². The number of carbonyl (C=O) groups is 1. The summed E-state index contributed by atoms with van der Waals surface area (Å²) in [6, 6.07) is 6.28. The molecule has 5 nitrogen and oxygen atoms in total. The average molecular weight is 306 g/mol. The number of hydrogen-bond acceptors (Lipinski definition) is 4. The van der Waals surface area contributed by atoms with E-state index in [9.17, 15) is 9.18 Å². The van der Waals surface area contributed by atoms with Gasteiger partial charge >= 0.3 is 0 Å². The standard InChI is InChI=1S/C16H19FN2O3/c1-10(2)14-8-11(18-22-14)9-19(3)16(20)12-6-5-7-13(21-4)15(12)17/h5-8,10H,9H2,1-4H3. The maximum Gasteiger partial charge on any atom is 0.257 e. The van der Waals surface area contributed by atoms with Gasteiger partial charge in [-0.05, 0) is 12.1 Å². The molecule has 0 N–H and O–H groups in total. The van der Waals surface area contributed by atoms with E-state index in [1.807, 2.05) is 13.8 Å². The van der Waals surface area contributed by atoms with Gasteiger partial charge < -0.3 is 14.2 Å². The minimum absolute atomic E-state index is 0.0329. The van der Waals surface area contributed by atoms with E-state index in [1.165, 1.54) is 24.1 Å². The van der Waals surface area contributed by atoms with Crippen molar-refractivity contribution in [2.24, 2.45) is 0 Å². The molecule has 0 bridgehead atoms. The Labute approximate surface area is 128 Å². The van der Waals surface area contributed by atoms with Crippen LogP contribution in [0.3, 0.4) is 0 Å². The van der Waals surface area contributed by atoms with Gasteiger partial charge in [-0.1, -0.05) is 25.1 Å². The van der Waals surface area contributed by atoms with Crippen LogP contribution in [0.15, 0.2) is 28.8 Å². The van der Waals surface area contributed by atoms with E-state index in [2.05, 4.69) is 5.16 Å². The highest BCUT2D eigenvalue weighted by molar-refractivity contribution is 5.94. The van der Waals surface area contributed by atoms with Gasteiger partial charge in [0, 0.05) is 19.0 Å². The zero-order valence-corrected chi connectivity index (χ0v) is 13.1. The summed E-state index contributed by atoms with van der Waals surface area (Å²) in [5, 5.41) is 3.92. The lowest BCUT2D eigenvalue weighted by molar-refractivity contribution is 0.0776. The van der Waals surface area contributed by atoms with Crippen LogP contribution in [-0.2, 0) is 6.54 Å². The average Bonchev–Trinajstić information content (AvgIpc) is 2.95. The van der Waals surface area contributed by atoms with Crippen molar-refractivity contribution in [2.45, 2.75) is 26.3 Å². The van der Waals surface area contributed by atoms with Crippen LogP contribution in [0.25, 0.3) is 0 Å². The number of halogens is 1. The Morgan fingerprint density at radius 2 is 2.18 bits per heavy atom. The van der Waals surface area contributed by atoms with E-state index >= 15 is 0 Å². The molecular formula is C16H19FN2O3. The third-order valence-electron chi connectivity index (χ3n) is 3.31. The van der Waals surface area contributed by atoms with Gasteiger partial charge in [-0.25, -0.2) is 4.39 Å². The number of carbonyl (C=O) groups excluding carboxylic acids is 1. The van der Waals surface area contributed by atoms with Crippen LogP contribution in [0.1, 0.15) is 41.6 Å². The molecule has 0 saturated heterocycles. The van der Waals surface area contributed by atoms with Crippen LogP contribution in [-0.4, -0.2) is 30.1 Å². The monoisotopic (exact) mass is 306 g/mol. The Kier molecular flexibility index (Phi) is 4.80. The molecule has 22 heavy (non-hydrogen) atoms. The molecule has 1 heterocycles. The summed E-state index contributed by atoms with van der Waals surface area (Å²) in [7, 11) is 2.95. The number of amides is 1. The number of aromatic nitrogens is 1. The molecule has 0 spiro atoms. The van der Waals surface area contributed by atoms with E-state index in [0.717, 1.165) is 5.76 Å². The van der Waals surface area contributed by atoms with Crippen molar-refractivity contribution in [3.8, 4) is 5.75 Å². The number of rotatable bonds is 5. The minimum atomic E-state index is -0.662. The third-order valence-corrected chi connectivity index (χ3v) is 3.31. The first-order chi connectivity index (χ1) is 10.4. The Hall–Kier alpha value is -2.37. The van der Waals surface area contributed by atoms with Crippen LogP contribution in [0, 0.1) is 5.82 Å². The van der Waals surface area contributed by atoms with Crippen molar-refractivity contribution in [3.63, 3.8) is 0 Å². The molecule has 0 unspecified atom stereocenters. The molecule has 1 aromatic heterocycles. The van der Waals surface area contributed by atoms with Crippen molar-refractivity contribution in [2.75, 3.05) is 14.2 Å².